The number of aryl methyl sites for hydroxylation is 1. The van der Waals surface area contributed by atoms with Crippen LogP contribution in [0.15, 0.2) is 42.5 Å². The van der Waals surface area contributed by atoms with Crippen LogP contribution in [0.2, 0.25) is 0 Å². The molecule has 2 aromatic carbocycles. The standard InChI is InChI=1S/C18H16F2N2O2/c1-10-4-2-5-11(8-10)12-9-21-17(23)15(12)18(24)22-14-7-3-6-13(19)16(14)20/h2-8,12,15H,9H2,1H3,(H,21,23)(H,22,24). The van der Waals surface area contributed by atoms with E-state index in [0.29, 0.717) is 6.54 Å². The molecule has 124 valence electrons. The summed E-state index contributed by atoms with van der Waals surface area (Å²) in [5.41, 5.74) is 1.60. The van der Waals surface area contributed by atoms with Gasteiger partial charge in [0.15, 0.2) is 11.6 Å². The fourth-order valence-electron chi connectivity index (χ4n) is 2.94. The lowest BCUT2D eigenvalue weighted by Crippen LogP contribution is -2.32. The maximum absolute atomic E-state index is 13.7. The fraction of sp³-hybridized carbons (Fsp3) is 0.222. The van der Waals surface area contributed by atoms with Crippen molar-refractivity contribution in [1.29, 1.82) is 0 Å². The van der Waals surface area contributed by atoms with Crippen molar-refractivity contribution in [2.24, 2.45) is 5.92 Å². The summed E-state index contributed by atoms with van der Waals surface area (Å²) in [7, 11) is 0. The minimum absolute atomic E-state index is 0.275. The zero-order valence-electron chi connectivity index (χ0n) is 13.0. The van der Waals surface area contributed by atoms with Crippen molar-refractivity contribution in [3.63, 3.8) is 0 Å². The summed E-state index contributed by atoms with van der Waals surface area (Å²) < 4.78 is 27.0. The summed E-state index contributed by atoms with van der Waals surface area (Å²) in [6.45, 7) is 2.25. The Morgan fingerprint density at radius 1 is 1.21 bits per heavy atom. The summed E-state index contributed by atoms with van der Waals surface area (Å²) in [6.07, 6.45) is 0. The van der Waals surface area contributed by atoms with Crippen LogP contribution < -0.4 is 10.6 Å². The van der Waals surface area contributed by atoms with E-state index in [-0.39, 0.29) is 11.6 Å². The Labute approximate surface area is 137 Å². The minimum Gasteiger partial charge on any atom is -0.355 e. The molecule has 0 bridgehead atoms. The SMILES string of the molecule is Cc1cccc(C2CNC(=O)C2C(=O)Nc2cccc(F)c2F)c1. The van der Waals surface area contributed by atoms with Gasteiger partial charge < -0.3 is 10.6 Å². The van der Waals surface area contributed by atoms with E-state index < -0.39 is 29.4 Å². The second-order valence-corrected chi connectivity index (χ2v) is 5.83. The summed E-state index contributed by atoms with van der Waals surface area (Å²) in [6, 6.07) is 11.0. The molecule has 0 saturated carbocycles. The quantitative estimate of drug-likeness (QED) is 0.850. The molecular weight excluding hydrogens is 314 g/mol. The number of amides is 2. The number of hydrogen-bond donors (Lipinski definition) is 2. The predicted molar refractivity (Wildman–Crippen MR) is 85.4 cm³/mol. The first kappa shape index (κ1) is 16.1. The first-order chi connectivity index (χ1) is 11.5. The second kappa shape index (κ2) is 6.39. The molecule has 1 aliphatic rings. The number of benzene rings is 2. The van der Waals surface area contributed by atoms with E-state index in [4.69, 9.17) is 0 Å². The van der Waals surface area contributed by atoms with Gasteiger partial charge in [0.2, 0.25) is 11.8 Å². The highest BCUT2D eigenvalue weighted by molar-refractivity contribution is 6.08. The summed E-state index contributed by atoms with van der Waals surface area (Å²) in [5, 5.41) is 4.99. The van der Waals surface area contributed by atoms with Crippen LogP contribution >= 0.6 is 0 Å². The Kier molecular flexibility index (Phi) is 4.29. The van der Waals surface area contributed by atoms with Crippen molar-refractivity contribution < 1.29 is 18.4 Å². The van der Waals surface area contributed by atoms with E-state index >= 15 is 0 Å². The monoisotopic (exact) mass is 330 g/mol. The summed E-state index contributed by atoms with van der Waals surface area (Å²) in [5.74, 6) is -4.62. The van der Waals surface area contributed by atoms with Crippen LogP contribution in [0, 0.1) is 24.5 Å². The van der Waals surface area contributed by atoms with Crippen LogP contribution in [0.25, 0.3) is 0 Å². The van der Waals surface area contributed by atoms with Crippen LogP contribution in [0.1, 0.15) is 17.0 Å². The van der Waals surface area contributed by atoms with Crippen molar-refractivity contribution in [3.05, 3.63) is 65.2 Å². The lowest BCUT2D eigenvalue weighted by Gasteiger charge is -2.17. The Bertz CT molecular complexity index is 807. The van der Waals surface area contributed by atoms with Crippen LogP contribution in [0.4, 0.5) is 14.5 Å². The largest absolute Gasteiger partial charge is 0.355 e. The number of anilines is 1. The molecule has 1 aliphatic heterocycles. The number of carbonyl (C=O) groups excluding carboxylic acids is 2. The van der Waals surface area contributed by atoms with Crippen molar-refractivity contribution >= 4 is 17.5 Å². The molecule has 0 radical (unpaired) electrons. The second-order valence-electron chi connectivity index (χ2n) is 5.83. The lowest BCUT2D eigenvalue weighted by molar-refractivity contribution is -0.130. The van der Waals surface area contributed by atoms with E-state index in [2.05, 4.69) is 10.6 Å². The molecule has 0 aromatic heterocycles. The highest BCUT2D eigenvalue weighted by atomic mass is 19.2. The molecular formula is C18H16F2N2O2. The first-order valence-corrected chi connectivity index (χ1v) is 7.56. The van der Waals surface area contributed by atoms with Crippen LogP contribution in [-0.4, -0.2) is 18.4 Å². The zero-order valence-corrected chi connectivity index (χ0v) is 13.0. The van der Waals surface area contributed by atoms with Gasteiger partial charge >= 0.3 is 0 Å². The van der Waals surface area contributed by atoms with Crippen molar-refractivity contribution in [1.82, 2.24) is 5.32 Å². The van der Waals surface area contributed by atoms with Gasteiger partial charge in [-0.15, -0.1) is 0 Å². The van der Waals surface area contributed by atoms with E-state index in [1.165, 1.54) is 12.1 Å². The summed E-state index contributed by atoms with van der Waals surface area (Å²) in [4.78, 5) is 24.6. The van der Waals surface area contributed by atoms with Gasteiger partial charge in [0, 0.05) is 12.5 Å². The highest BCUT2D eigenvalue weighted by Crippen LogP contribution is 2.31. The maximum atomic E-state index is 13.7. The van der Waals surface area contributed by atoms with Gasteiger partial charge in [0.25, 0.3) is 0 Å². The molecule has 24 heavy (non-hydrogen) atoms. The zero-order chi connectivity index (χ0) is 17.3. The van der Waals surface area contributed by atoms with Crippen molar-refractivity contribution in [2.45, 2.75) is 12.8 Å². The first-order valence-electron chi connectivity index (χ1n) is 7.56. The molecule has 2 N–H and O–H groups in total. The molecule has 0 aliphatic carbocycles. The molecule has 3 rings (SSSR count). The Hall–Kier alpha value is -2.76. The van der Waals surface area contributed by atoms with Gasteiger partial charge in [0.05, 0.1) is 5.69 Å². The molecule has 2 unspecified atom stereocenters. The number of nitrogens with one attached hydrogen (secondary N) is 2. The van der Waals surface area contributed by atoms with Gasteiger partial charge in [-0.25, -0.2) is 8.78 Å². The summed E-state index contributed by atoms with van der Waals surface area (Å²) >= 11 is 0. The predicted octanol–water partition coefficient (Wildman–Crippen LogP) is 2.74. The topological polar surface area (TPSA) is 58.2 Å². The molecule has 0 spiro atoms. The molecule has 4 nitrogen and oxygen atoms in total. The van der Waals surface area contributed by atoms with Crippen LogP contribution in [-0.2, 0) is 9.59 Å². The van der Waals surface area contributed by atoms with Gasteiger partial charge in [-0.3, -0.25) is 9.59 Å². The lowest BCUT2D eigenvalue weighted by atomic mass is 9.87. The molecule has 1 saturated heterocycles. The number of rotatable bonds is 3. The molecule has 2 atom stereocenters. The van der Waals surface area contributed by atoms with Crippen molar-refractivity contribution in [3.8, 4) is 0 Å². The fourth-order valence-corrected chi connectivity index (χ4v) is 2.94. The molecule has 2 amide bonds. The normalized spacial score (nSPS) is 19.9. The van der Waals surface area contributed by atoms with E-state index in [1.807, 2.05) is 31.2 Å². The van der Waals surface area contributed by atoms with Crippen LogP contribution in [0.3, 0.4) is 0 Å². The number of hydrogen-bond acceptors (Lipinski definition) is 2. The van der Waals surface area contributed by atoms with E-state index in [1.54, 1.807) is 0 Å². The third-order valence-electron chi connectivity index (χ3n) is 4.14. The third kappa shape index (κ3) is 2.99. The molecule has 2 aromatic rings. The third-order valence-corrected chi connectivity index (χ3v) is 4.14. The van der Waals surface area contributed by atoms with Crippen LogP contribution in [0.5, 0.6) is 0 Å². The van der Waals surface area contributed by atoms with Gasteiger partial charge in [-0.2, -0.15) is 0 Å². The highest BCUT2D eigenvalue weighted by Gasteiger charge is 2.41. The Morgan fingerprint density at radius 2 is 1.96 bits per heavy atom. The maximum Gasteiger partial charge on any atom is 0.237 e. The Balaban J connectivity index is 1.86. The number of carbonyl (C=O) groups is 2. The van der Waals surface area contributed by atoms with Gasteiger partial charge in [0.1, 0.15) is 5.92 Å². The van der Waals surface area contributed by atoms with E-state index in [9.17, 15) is 18.4 Å². The molecule has 1 heterocycles. The average Bonchev–Trinajstić information content (AvgIpc) is 2.93. The minimum atomic E-state index is -1.14. The van der Waals surface area contributed by atoms with E-state index in [0.717, 1.165) is 17.2 Å². The smallest absolute Gasteiger partial charge is 0.237 e. The Morgan fingerprint density at radius 3 is 2.71 bits per heavy atom. The molecule has 6 heteroatoms. The van der Waals surface area contributed by atoms with Gasteiger partial charge in [-0.1, -0.05) is 35.9 Å². The van der Waals surface area contributed by atoms with Crippen molar-refractivity contribution in [2.75, 3.05) is 11.9 Å². The van der Waals surface area contributed by atoms with Gasteiger partial charge in [-0.05, 0) is 24.6 Å². The molecule has 1 fully saturated rings. The number of halogens is 2. The average molecular weight is 330 g/mol.